The van der Waals surface area contributed by atoms with Crippen LogP contribution >= 0.6 is 0 Å². The minimum Gasteiger partial charge on any atom is -0.207 e. The lowest BCUT2D eigenvalue weighted by molar-refractivity contribution is -0.142. The van der Waals surface area contributed by atoms with Gasteiger partial charge in [-0.1, -0.05) is 12.1 Å². The van der Waals surface area contributed by atoms with Crippen molar-refractivity contribution in [2.45, 2.75) is 19.3 Å². The second-order valence-corrected chi connectivity index (χ2v) is 4.61. The zero-order valence-electron chi connectivity index (χ0n) is 12.0. The fraction of sp³-hybridized carbons (Fsp3) is 0.200. The molecule has 0 amide bonds. The lowest BCUT2D eigenvalue weighted by atomic mass is 9.92. The van der Waals surface area contributed by atoms with E-state index < -0.39 is 46.5 Å². The van der Waals surface area contributed by atoms with Crippen LogP contribution in [-0.2, 0) is 12.4 Å². The first kappa shape index (κ1) is 14.9. The van der Waals surface area contributed by atoms with Gasteiger partial charge >= 0.3 is 12.4 Å². The summed E-state index contributed by atoms with van der Waals surface area (Å²) in [6, 6.07) is 2.45. The molecule has 7 heteroatoms. The van der Waals surface area contributed by atoms with Gasteiger partial charge < -0.3 is 0 Å². The number of hydrogen-bond donors (Lipinski definition) is 0. The van der Waals surface area contributed by atoms with Gasteiger partial charge in [0.05, 0.1) is 12.5 Å². The van der Waals surface area contributed by atoms with Crippen LogP contribution in [0.2, 0.25) is 0 Å². The van der Waals surface area contributed by atoms with Crippen LogP contribution in [0.4, 0.5) is 30.7 Å². The molecule has 0 aliphatic rings. The summed E-state index contributed by atoms with van der Waals surface area (Å²) in [5.74, 6) is -0.994. The first-order chi connectivity index (χ1) is 10.4. The lowest BCUT2D eigenvalue weighted by Gasteiger charge is -2.19. The SMILES string of the molecule is [2H]c1cc(-c2c(C(F)(F)F)cccc2C(F)(F)F)cc(C)c1F. The fourth-order valence-electron chi connectivity index (χ4n) is 2.07. The molecule has 2 aromatic carbocycles. The summed E-state index contributed by atoms with van der Waals surface area (Å²) in [7, 11) is 0. The van der Waals surface area contributed by atoms with E-state index in [4.69, 9.17) is 1.37 Å². The molecule has 0 nitrogen and oxygen atoms in total. The zero-order chi connectivity index (χ0) is 17.6. The van der Waals surface area contributed by atoms with E-state index in [1.54, 1.807) is 0 Å². The Morgan fingerprint density at radius 1 is 0.909 bits per heavy atom. The summed E-state index contributed by atoms with van der Waals surface area (Å²) in [5, 5.41) is 0. The predicted octanol–water partition coefficient (Wildman–Crippen LogP) is 5.84. The van der Waals surface area contributed by atoms with Crippen LogP contribution in [0.5, 0.6) is 0 Å². The Morgan fingerprint density at radius 2 is 1.41 bits per heavy atom. The van der Waals surface area contributed by atoms with Gasteiger partial charge in [0.15, 0.2) is 0 Å². The summed E-state index contributed by atoms with van der Waals surface area (Å²) >= 11 is 0. The molecular weight excluding hydrogens is 313 g/mol. The Labute approximate surface area is 122 Å². The van der Waals surface area contributed by atoms with Crippen molar-refractivity contribution in [3.63, 3.8) is 0 Å². The van der Waals surface area contributed by atoms with Crippen molar-refractivity contribution in [2.75, 3.05) is 0 Å². The van der Waals surface area contributed by atoms with Gasteiger partial charge in [-0.3, -0.25) is 0 Å². The standard InChI is InChI=1S/C15H9F7/c1-8-7-9(5-6-12(8)16)13-10(14(17,18)19)3-2-4-11(13)15(20,21)22/h2-7H,1H3/i6D. The van der Waals surface area contributed by atoms with Crippen molar-refractivity contribution in [3.8, 4) is 11.1 Å². The zero-order valence-corrected chi connectivity index (χ0v) is 11.0. The summed E-state index contributed by atoms with van der Waals surface area (Å²) < 4.78 is 99.4. The number of aryl methyl sites for hydroxylation is 1. The highest BCUT2D eigenvalue weighted by Crippen LogP contribution is 2.44. The Hall–Kier alpha value is -2.05. The molecule has 0 saturated heterocycles. The quantitative estimate of drug-likeness (QED) is 0.578. The maximum absolute atomic E-state index is 13.5. The van der Waals surface area contributed by atoms with Crippen LogP contribution < -0.4 is 0 Å². The monoisotopic (exact) mass is 323 g/mol. The van der Waals surface area contributed by atoms with Gasteiger partial charge in [-0.25, -0.2) is 4.39 Å². The van der Waals surface area contributed by atoms with E-state index in [-0.39, 0.29) is 5.56 Å². The van der Waals surface area contributed by atoms with Gasteiger partial charge in [0, 0.05) is 5.56 Å². The molecule has 0 heterocycles. The molecule has 0 aliphatic carbocycles. The molecule has 0 fully saturated rings. The van der Waals surface area contributed by atoms with Crippen molar-refractivity contribution in [1.82, 2.24) is 0 Å². The van der Waals surface area contributed by atoms with Crippen molar-refractivity contribution in [1.29, 1.82) is 0 Å². The van der Waals surface area contributed by atoms with Gasteiger partial charge in [-0.2, -0.15) is 26.3 Å². The third kappa shape index (κ3) is 3.08. The minimum atomic E-state index is -5.03. The molecule has 0 N–H and O–H groups in total. The van der Waals surface area contributed by atoms with Gasteiger partial charge in [0.1, 0.15) is 5.82 Å². The predicted molar refractivity (Wildman–Crippen MR) is 66.6 cm³/mol. The largest absolute Gasteiger partial charge is 0.417 e. The highest BCUT2D eigenvalue weighted by molar-refractivity contribution is 5.73. The molecule has 0 bridgehead atoms. The van der Waals surface area contributed by atoms with Crippen molar-refractivity contribution >= 4 is 0 Å². The summed E-state index contributed by atoms with van der Waals surface area (Å²) in [6.45, 7) is 1.17. The number of rotatable bonds is 1. The average Bonchev–Trinajstić information content (AvgIpc) is 2.41. The van der Waals surface area contributed by atoms with Crippen molar-refractivity contribution in [2.24, 2.45) is 0 Å². The van der Waals surface area contributed by atoms with Crippen LogP contribution in [0.3, 0.4) is 0 Å². The molecule has 118 valence electrons. The van der Waals surface area contributed by atoms with Crippen LogP contribution in [0.1, 0.15) is 18.1 Å². The maximum Gasteiger partial charge on any atom is 0.417 e. The summed E-state index contributed by atoms with van der Waals surface area (Å²) in [4.78, 5) is 0. The van der Waals surface area contributed by atoms with E-state index in [0.717, 1.165) is 6.07 Å². The second kappa shape index (κ2) is 5.30. The smallest absolute Gasteiger partial charge is 0.207 e. The first-order valence-electron chi connectivity index (χ1n) is 6.47. The Kier molecular flexibility index (Phi) is 3.58. The van der Waals surface area contributed by atoms with Crippen LogP contribution in [0.15, 0.2) is 36.4 Å². The van der Waals surface area contributed by atoms with E-state index in [1.807, 2.05) is 0 Å². The van der Waals surface area contributed by atoms with Crippen LogP contribution in [-0.4, -0.2) is 0 Å². The molecule has 0 saturated carbocycles. The molecule has 22 heavy (non-hydrogen) atoms. The highest BCUT2D eigenvalue weighted by atomic mass is 19.4. The van der Waals surface area contributed by atoms with Crippen molar-refractivity contribution < 1.29 is 32.1 Å². The molecule has 0 aliphatic heterocycles. The lowest BCUT2D eigenvalue weighted by Crippen LogP contribution is -2.14. The van der Waals surface area contributed by atoms with E-state index in [9.17, 15) is 30.7 Å². The summed E-state index contributed by atoms with van der Waals surface area (Å²) in [6.07, 6.45) is -10.1. The third-order valence-corrected chi connectivity index (χ3v) is 3.04. The maximum atomic E-state index is 13.5. The third-order valence-electron chi connectivity index (χ3n) is 3.04. The first-order valence-corrected chi connectivity index (χ1v) is 5.97. The molecule has 2 rings (SSSR count). The fourth-order valence-corrected chi connectivity index (χ4v) is 2.07. The Morgan fingerprint density at radius 3 is 1.82 bits per heavy atom. The number of halogens is 7. The molecule has 0 atom stereocenters. The van der Waals surface area contributed by atoms with E-state index in [2.05, 4.69) is 0 Å². The van der Waals surface area contributed by atoms with Crippen LogP contribution in [0.25, 0.3) is 11.1 Å². The van der Waals surface area contributed by atoms with Gasteiger partial charge in [0.25, 0.3) is 0 Å². The van der Waals surface area contributed by atoms with E-state index in [0.29, 0.717) is 24.3 Å². The number of alkyl halides is 6. The van der Waals surface area contributed by atoms with Crippen molar-refractivity contribution in [3.05, 3.63) is 58.9 Å². The molecule has 0 aromatic heterocycles. The highest BCUT2D eigenvalue weighted by Gasteiger charge is 2.40. The van der Waals surface area contributed by atoms with Crippen LogP contribution in [0, 0.1) is 12.7 Å². The topological polar surface area (TPSA) is 0 Å². The molecular formula is C15H9F7. The Bertz CT molecular complexity index is 689. The Balaban J connectivity index is 2.89. The summed E-state index contributed by atoms with van der Waals surface area (Å²) in [5.41, 5.74) is -4.80. The van der Waals surface area contributed by atoms with Gasteiger partial charge in [0.2, 0.25) is 0 Å². The minimum absolute atomic E-state index is 0.211. The number of hydrogen-bond acceptors (Lipinski definition) is 0. The molecule has 0 spiro atoms. The normalized spacial score (nSPS) is 13.2. The van der Waals surface area contributed by atoms with Gasteiger partial charge in [-0.15, -0.1) is 0 Å². The number of benzene rings is 2. The second-order valence-electron chi connectivity index (χ2n) is 4.61. The average molecular weight is 323 g/mol. The molecule has 0 unspecified atom stereocenters. The van der Waals surface area contributed by atoms with E-state index >= 15 is 0 Å². The molecule has 2 aromatic rings. The van der Waals surface area contributed by atoms with Gasteiger partial charge in [-0.05, 0) is 42.3 Å². The molecule has 0 radical (unpaired) electrons. The van der Waals surface area contributed by atoms with E-state index in [1.165, 1.54) is 6.92 Å².